The molecular weight excluding hydrogens is 334 g/mol. The molecule has 0 aliphatic heterocycles. The second-order valence-electron chi connectivity index (χ2n) is 4.74. The monoisotopic (exact) mass is 349 g/mol. The van der Waals surface area contributed by atoms with E-state index < -0.39 is 11.9 Å². The Labute approximate surface area is 144 Å². The van der Waals surface area contributed by atoms with Crippen molar-refractivity contribution >= 4 is 40.9 Å². The SMILES string of the molecule is Cc1ccccc1SCC(=O)OCC(=O)Nc1ccccc1Cl. The minimum absolute atomic E-state index is 0.157. The molecule has 2 aromatic rings. The van der Waals surface area contributed by atoms with Crippen LogP contribution < -0.4 is 5.32 Å². The number of para-hydroxylation sites is 1. The van der Waals surface area contributed by atoms with Gasteiger partial charge in [-0.15, -0.1) is 11.8 Å². The summed E-state index contributed by atoms with van der Waals surface area (Å²) in [5.74, 6) is -0.704. The van der Waals surface area contributed by atoms with E-state index in [9.17, 15) is 9.59 Å². The normalized spacial score (nSPS) is 10.2. The third-order valence-electron chi connectivity index (χ3n) is 2.95. The van der Waals surface area contributed by atoms with Crippen LogP contribution in [0.15, 0.2) is 53.4 Å². The highest BCUT2D eigenvalue weighted by molar-refractivity contribution is 8.00. The molecule has 0 unspecified atom stereocenters. The van der Waals surface area contributed by atoms with E-state index in [0.717, 1.165) is 10.5 Å². The summed E-state index contributed by atoms with van der Waals surface area (Å²) in [6.07, 6.45) is 0. The molecule has 120 valence electrons. The van der Waals surface area contributed by atoms with Gasteiger partial charge in [0.05, 0.1) is 16.5 Å². The third kappa shape index (κ3) is 5.62. The van der Waals surface area contributed by atoms with E-state index in [-0.39, 0.29) is 12.4 Å². The van der Waals surface area contributed by atoms with Gasteiger partial charge in [-0.2, -0.15) is 0 Å². The van der Waals surface area contributed by atoms with Crippen LogP contribution in [0.2, 0.25) is 5.02 Å². The molecule has 0 fully saturated rings. The van der Waals surface area contributed by atoms with Crippen LogP contribution in [0.3, 0.4) is 0 Å². The molecule has 2 aromatic carbocycles. The van der Waals surface area contributed by atoms with Crippen molar-refractivity contribution in [2.75, 3.05) is 17.7 Å². The molecule has 0 spiro atoms. The van der Waals surface area contributed by atoms with Gasteiger partial charge in [-0.25, -0.2) is 0 Å². The van der Waals surface area contributed by atoms with Gasteiger partial charge in [0, 0.05) is 4.90 Å². The highest BCUT2D eigenvalue weighted by Gasteiger charge is 2.10. The number of thioether (sulfide) groups is 1. The van der Waals surface area contributed by atoms with Crippen LogP contribution in [-0.2, 0) is 14.3 Å². The van der Waals surface area contributed by atoms with Crippen LogP contribution in [0.25, 0.3) is 0 Å². The number of hydrogen-bond donors (Lipinski definition) is 1. The summed E-state index contributed by atoms with van der Waals surface area (Å²) in [5.41, 5.74) is 1.59. The summed E-state index contributed by atoms with van der Waals surface area (Å²) < 4.78 is 4.96. The van der Waals surface area contributed by atoms with E-state index >= 15 is 0 Å². The van der Waals surface area contributed by atoms with E-state index in [0.29, 0.717) is 10.7 Å². The lowest BCUT2D eigenvalue weighted by Gasteiger charge is -2.08. The van der Waals surface area contributed by atoms with Crippen LogP contribution in [0.5, 0.6) is 0 Å². The molecule has 2 rings (SSSR count). The van der Waals surface area contributed by atoms with Crippen molar-refractivity contribution in [1.82, 2.24) is 0 Å². The Kier molecular flexibility index (Phi) is 6.50. The highest BCUT2D eigenvalue weighted by atomic mass is 35.5. The smallest absolute Gasteiger partial charge is 0.316 e. The lowest BCUT2D eigenvalue weighted by atomic mass is 10.2. The Morgan fingerprint density at radius 1 is 1.13 bits per heavy atom. The summed E-state index contributed by atoms with van der Waals surface area (Å²) in [6.45, 7) is 1.64. The topological polar surface area (TPSA) is 55.4 Å². The number of amides is 1. The molecule has 0 aliphatic carbocycles. The van der Waals surface area contributed by atoms with Gasteiger partial charge < -0.3 is 10.1 Å². The number of carbonyl (C=O) groups excluding carboxylic acids is 2. The lowest BCUT2D eigenvalue weighted by molar-refractivity contribution is -0.144. The summed E-state index contributed by atoms with van der Waals surface area (Å²) in [6, 6.07) is 14.6. The fraction of sp³-hybridized carbons (Fsp3) is 0.176. The van der Waals surface area contributed by atoms with Gasteiger partial charge >= 0.3 is 5.97 Å². The summed E-state index contributed by atoms with van der Waals surface area (Å²) in [4.78, 5) is 24.5. The van der Waals surface area contributed by atoms with Crippen molar-refractivity contribution in [3.63, 3.8) is 0 Å². The first-order chi connectivity index (χ1) is 11.1. The predicted octanol–water partition coefficient (Wildman–Crippen LogP) is 3.92. The average Bonchev–Trinajstić information content (AvgIpc) is 2.54. The van der Waals surface area contributed by atoms with Crippen LogP contribution >= 0.6 is 23.4 Å². The lowest BCUT2D eigenvalue weighted by Crippen LogP contribution is -2.21. The van der Waals surface area contributed by atoms with Crippen LogP contribution in [0.4, 0.5) is 5.69 Å². The maximum Gasteiger partial charge on any atom is 0.316 e. The number of carbonyl (C=O) groups is 2. The quantitative estimate of drug-likeness (QED) is 0.634. The number of rotatable bonds is 6. The van der Waals surface area contributed by atoms with Crippen LogP contribution in [0, 0.1) is 6.92 Å². The van der Waals surface area contributed by atoms with Crippen molar-refractivity contribution in [2.24, 2.45) is 0 Å². The van der Waals surface area contributed by atoms with Crippen LogP contribution in [-0.4, -0.2) is 24.2 Å². The Bertz CT molecular complexity index is 706. The Hall–Kier alpha value is -1.98. The van der Waals surface area contributed by atoms with Crippen molar-refractivity contribution < 1.29 is 14.3 Å². The van der Waals surface area contributed by atoms with Gasteiger partial charge in [-0.3, -0.25) is 9.59 Å². The molecule has 0 saturated heterocycles. The maximum atomic E-state index is 11.7. The Balaban J connectivity index is 1.75. The standard InChI is InChI=1S/C17H16ClNO3S/c1-12-6-2-5-9-15(12)23-11-17(21)22-10-16(20)19-14-8-4-3-7-13(14)18/h2-9H,10-11H2,1H3,(H,19,20). The van der Waals surface area contributed by atoms with Gasteiger partial charge in [-0.1, -0.05) is 41.9 Å². The fourth-order valence-electron chi connectivity index (χ4n) is 1.79. The van der Waals surface area contributed by atoms with E-state index in [1.54, 1.807) is 24.3 Å². The first-order valence-electron chi connectivity index (χ1n) is 6.94. The number of esters is 1. The minimum atomic E-state index is -0.437. The molecule has 0 aliphatic rings. The Morgan fingerprint density at radius 2 is 1.83 bits per heavy atom. The van der Waals surface area contributed by atoms with Crippen molar-refractivity contribution in [2.45, 2.75) is 11.8 Å². The molecule has 0 atom stereocenters. The Morgan fingerprint density at radius 3 is 2.57 bits per heavy atom. The number of aryl methyl sites for hydroxylation is 1. The number of hydrogen-bond acceptors (Lipinski definition) is 4. The summed E-state index contributed by atoms with van der Waals surface area (Å²) in [5, 5.41) is 3.03. The fourth-order valence-corrected chi connectivity index (χ4v) is 2.80. The number of nitrogens with one attached hydrogen (secondary N) is 1. The van der Waals surface area contributed by atoms with Gasteiger partial charge in [0.15, 0.2) is 6.61 Å². The number of halogens is 1. The molecule has 1 amide bonds. The van der Waals surface area contributed by atoms with E-state index in [4.69, 9.17) is 16.3 Å². The zero-order valence-corrected chi connectivity index (χ0v) is 14.1. The molecule has 4 nitrogen and oxygen atoms in total. The number of anilines is 1. The zero-order valence-electron chi connectivity index (χ0n) is 12.5. The van der Waals surface area contributed by atoms with Crippen molar-refractivity contribution in [3.8, 4) is 0 Å². The van der Waals surface area contributed by atoms with Crippen LogP contribution in [0.1, 0.15) is 5.56 Å². The second kappa shape index (κ2) is 8.60. The molecule has 1 N–H and O–H groups in total. The van der Waals surface area contributed by atoms with Crippen molar-refractivity contribution in [3.05, 3.63) is 59.1 Å². The molecule has 0 saturated carbocycles. The molecule has 0 bridgehead atoms. The first kappa shape index (κ1) is 17.4. The van der Waals surface area contributed by atoms with Gasteiger partial charge in [0.2, 0.25) is 0 Å². The molecular formula is C17H16ClNO3S. The molecule has 0 radical (unpaired) electrons. The highest BCUT2D eigenvalue weighted by Crippen LogP contribution is 2.22. The molecule has 6 heteroatoms. The maximum absolute atomic E-state index is 11.7. The van der Waals surface area contributed by atoms with Crippen molar-refractivity contribution in [1.29, 1.82) is 0 Å². The summed E-state index contributed by atoms with van der Waals surface area (Å²) in [7, 11) is 0. The zero-order chi connectivity index (χ0) is 16.7. The molecule has 0 aromatic heterocycles. The van der Waals surface area contributed by atoms with Gasteiger partial charge in [-0.05, 0) is 30.7 Å². The van der Waals surface area contributed by atoms with Gasteiger partial charge in [0.1, 0.15) is 0 Å². The van der Waals surface area contributed by atoms with E-state index in [1.807, 2.05) is 31.2 Å². The predicted molar refractivity (Wildman–Crippen MR) is 92.9 cm³/mol. The molecule has 23 heavy (non-hydrogen) atoms. The summed E-state index contributed by atoms with van der Waals surface area (Å²) >= 11 is 7.32. The number of ether oxygens (including phenoxy) is 1. The number of benzene rings is 2. The average molecular weight is 350 g/mol. The minimum Gasteiger partial charge on any atom is -0.455 e. The second-order valence-corrected chi connectivity index (χ2v) is 6.17. The largest absolute Gasteiger partial charge is 0.455 e. The van der Waals surface area contributed by atoms with E-state index in [2.05, 4.69) is 5.32 Å². The molecule has 0 heterocycles. The van der Waals surface area contributed by atoms with Gasteiger partial charge in [0.25, 0.3) is 5.91 Å². The third-order valence-corrected chi connectivity index (χ3v) is 4.43. The van der Waals surface area contributed by atoms with E-state index in [1.165, 1.54) is 11.8 Å². The first-order valence-corrected chi connectivity index (χ1v) is 8.31.